The van der Waals surface area contributed by atoms with Gasteiger partial charge in [0.15, 0.2) is 5.17 Å². The quantitative estimate of drug-likeness (QED) is 0.794. The number of carbonyl (C=O) groups is 1. The van der Waals surface area contributed by atoms with Gasteiger partial charge in [-0.25, -0.2) is 0 Å². The summed E-state index contributed by atoms with van der Waals surface area (Å²) < 4.78 is 0. The van der Waals surface area contributed by atoms with Crippen molar-refractivity contribution in [3.8, 4) is 0 Å². The highest BCUT2D eigenvalue weighted by Gasteiger charge is 2.27. The zero-order chi connectivity index (χ0) is 15.7. The minimum Gasteiger partial charge on any atom is -0.348 e. The molecule has 22 heavy (non-hydrogen) atoms. The third kappa shape index (κ3) is 3.11. The van der Waals surface area contributed by atoms with E-state index in [1.807, 2.05) is 42.6 Å². The van der Waals surface area contributed by atoms with E-state index in [4.69, 9.17) is 0 Å². The molecular formula is C16H22N4OS. The molecule has 118 valence electrons. The zero-order valence-corrected chi connectivity index (χ0v) is 14.2. The van der Waals surface area contributed by atoms with Gasteiger partial charge in [-0.3, -0.25) is 14.8 Å². The van der Waals surface area contributed by atoms with Gasteiger partial charge in [-0.2, -0.15) is 0 Å². The summed E-state index contributed by atoms with van der Waals surface area (Å²) in [5, 5.41) is 1.73. The Balaban J connectivity index is 1.62. The summed E-state index contributed by atoms with van der Waals surface area (Å²) >= 11 is 1.84. The van der Waals surface area contributed by atoms with Crippen LogP contribution in [0, 0.1) is 13.8 Å². The molecule has 5 nitrogen and oxygen atoms in total. The van der Waals surface area contributed by atoms with Crippen LogP contribution in [0.2, 0.25) is 0 Å². The first-order valence-corrected chi connectivity index (χ1v) is 8.62. The van der Waals surface area contributed by atoms with Crippen LogP contribution in [0.1, 0.15) is 28.7 Å². The van der Waals surface area contributed by atoms with E-state index in [1.165, 1.54) is 0 Å². The minimum absolute atomic E-state index is 0.0963. The maximum absolute atomic E-state index is 12.6. The molecule has 0 aliphatic carbocycles. The van der Waals surface area contributed by atoms with Crippen molar-refractivity contribution >= 4 is 22.8 Å². The second-order valence-corrected chi connectivity index (χ2v) is 7.32. The number of amidine groups is 1. The first kappa shape index (κ1) is 15.3. The van der Waals surface area contributed by atoms with Crippen LogP contribution in [-0.4, -0.2) is 63.8 Å². The Bertz CT molecular complexity index is 608. The fourth-order valence-electron chi connectivity index (χ4n) is 2.82. The molecule has 3 heterocycles. The average molecular weight is 318 g/mol. The Morgan fingerprint density at radius 3 is 2.55 bits per heavy atom. The second kappa shape index (κ2) is 6.28. The lowest BCUT2D eigenvalue weighted by Gasteiger charge is -2.35. The fourth-order valence-corrected chi connectivity index (χ4v) is 3.81. The third-order valence-corrected chi connectivity index (χ3v) is 5.23. The third-order valence-electron chi connectivity index (χ3n) is 4.08. The number of thioether (sulfide) groups is 1. The molecule has 0 spiro atoms. The maximum Gasteiger partial charge on any atom is 0.255 e. The Kier molecular flexibility index (Phi) is 4.38. The summed E-state index contributed by atoms with van der Waals surface area (Å²) in [5.41, 5.74) is 2.49. The molecule has 0 bridgehead atoms. The van der Waals surface area contributed by atoms with Crippen molar-refractivity contribution in [2.24, 2.45) is 4.99 Å². The van der Waals surface area contributed by atoms with Crippen molar-refractivity contribution < 1.29 is 4.79 Å². The van der Waals surface area contributed by atoms with Crippen molar-refractivity contribution in [3.63, 3.8) is 0 Å². The van der Waals surface area contributed by atoms with Gasteiger partial charge in [-0.15, -0.1) is 0 Å². The molecule has 1 unspecified atom stereocenters. The number of aromatic nitrogens is 1. The molecule has 0 radical (unpaired) electrons. The van der Waals surface area contributed by atoms with Crippen molar-refractivity contribution in [1.29, 1.82) is 0 Å². The van der Waals surface area contributed by atoms with Gasteiger partial charge in [0, 0.05) is 37.1 Å². The van der Waals surface area contributed by atoms with Gasteiger partial charge < -0.3 is 9.80 Å². The molecule has 1 aromatic heterocycles. The number of rotatable bonds is 1. The van der Waals surface area contributed by atoms with E-state index < -0.39 is 0 Å². The Hall–Kier alpha value is -1.56. The molecule has 6 heteroatoms. The van der Waals surface area contributed by atoms with Crippen molar-refractivity contribution in [3.05, 3.63) is 29.1 Å². The number of pyridine rings is 1. The molecule has 1 saturated heterocycles. The number of aryl methyl sites for hydroxylation is 2. The van der Waals surface area contributed by atoms with E-state index in [1.54, 1.807) is 0 Å². The van der Waals surface area contributed by atoms with Gasteiger partial charge in [-0.05, 0) is 26.0 Å². The molecule has 1 fully saturated rings. The lowest BCUT2D eigenvalue weighted by molar-refractivity contribution is 0.0692. The van der Waals surface area contributed by atoms with E-state index in [0.717, 1.165) is 54.8 Å². The number of hydrogen-bond acceptors (Lipinski definition) is 5. The number of aliphatic imine (C=N–C) groups is 1. The Labute approximate surface area is 135 Å². The highest BCUT2D eigenvalue weighted by molar-refractivity contribution is 8.14. The first-order chi connectivity index (χ1) is 10.5. The van der Waals surface area contributed by atoms with E-state index >= 15 is 0 Å². The van der Waals surface area contributed by atoms with Gasteiger partial charge in [0.1, 0.15) is 0 Å². The smallest absolute Gasteiger partial charge is 0.255 e. The van der Waals surface area contributed by atoms with E-state index in [9.17, 15) is 4.79 Å². The van der Waals surface area contributed by atoms with Crippen molar-refractivity contribution in [2.45, 2.75) is 26.0 Å². The fraction of sp³-hybridized carbons (Fsp3) is 0.562. The van der Waals surface area contributed by atoms with Crippen LogP contribution in [0.4, 0.5) is 0 Å². The topological polar surface area (TPSA) is 48.8 Å². The summed E-state index contributed by atoms with van der Waals surface area (Å²) in [4.78, 5) is 25.9. The molecule has 2 aliphatic heterocycles. The number of hydrogen-bond donors (Lipinski definition) is 0. The van der Waals surface area contributed by atoms with Gasteiger partial charge in [0.2, 0.25) is 0 Å². The lowest BCUT2D eigenvalue weighted by Crippen LogP contribution is -2.50. The molecule has 1 amide bonds. The van der Waals surface area contributed by atoms with Gasteiger partial charge in [-0.1, -0.05) is 18.7 Å². The lowest BCUT2D eigenvalue weighted by atomic mass is 10.1. The van der Waals surface area contributed by atoms with Crippen LogP contribution >= 0.6 is 11.8 Å². The largest absolute Gasteiger partial charge is 0.348 e. The minimum atomic E-state index is 0.0963. The molecule has 1 aromatic rings. The highest BCUT2D eigenvalue weighted by Crippen LogP contribution is 2.24. The summed E-state index contributed by atoms with van der Waals surface area (Å²) in [6.45, 7) is 10.2. The van der Waals surface area contributed by atoms with Crippen molar-refractivity contribution in [2.75, 3.05) is 32.7 Å². The Morgan fingerprint density at radius 2 is 1.95 bits per heavy atom. The van der Waals surface area contributed by atoms with E-state index in [2.05, 4.69) is 21.8 Å². The molecule has 1 atom stereocenters. The van der Waals surface area contributed by atoms with Crippen molar-refractivity contribution in [1.82, 2.24) is 14.8 Å². The van der Waals surface area contributed by atoms with Gasteiger partial charge >= 0.3 is 0 Å². The van der Waals surface area contributed by atoms with Gasteiger partial charge in [0.25, 0.3) is 5.91 Å². The number of amides is 1. The van der Waals surface area contributed by atoms with Gasteiger partial charge in [0.05, 0.1) is 17.8 Å². The van der Waals surface area contributed by atoms with Crippen LogP contribution in [0.5, 0.6) is 0 Å². The van der Waals surface area contributed by atoms with Crippen LogP contribution in [0.25, 0.3) is 0 Å². The Morgan fingerprint density at radius 1 is 1.23 bits per heavy atom. The highest BCUT2D eigenvalue weighted by atomic mass is 32.2. The summed E-state index contributed by atoms with van der Waals surface area (Å²) in [6.07, 6.45) is 0. The predicted octanol–water partition coefficient (Wildman–Crippen LogP) is 1.95. The van der Waals surface area contributed by atoms with Crippen LogP contribution in [0.3, 0.4) is 0 Å². The molecule has 0 N–H and O–H groups in total. The number of piperazine rings is 1. The molecule has 3 rings (SSSR count). The summed E-state index contributed by atoms with van der Waals surface area (Å²) in [5.74, 6) is 0.0963. The number of carbonyl (C=O) groups excluding carboxylic acids is 1. The summed E-state index contributed by atoms with van der Waals surface area (Å²) in [6, 6.07) is 3.80. The second-order valence-electron chi connectivity index (χ2n) is 5.92. The van der Waals surface area contributed by atoms with E-state index in [0.29, 0.717) is 5.25 Å². The summed E-state index contributed by atoms with van der Waals surface area (Å²) in [7, 11) is 0. The first-order valence-electron chi connectivity index (χ1n) is 7.74. The van der Waals surface area contributed by atoms with Crippen LogP contribution in [0.15, 0.2) is 17.1 Å². The molecular weight excluding hydrogens is 296 g/mol. The predicted molar refractivity (Wildman–Crippen MR) is 90.5 cm³/mol. The van der Waals surface area contributed by atoms with E-state index in [-0.39, 0.29) is 5.91 Å². The number of nitrogens with zero attached hydrogens (tertiary/aromatic N) is 4. The monoisotopic (exact) mass is 318 g/mol. The normalized spacial score (nSPS) is 22.0. The zero-order valence-electron chi connectivity index (χ0n) is 13.4. The molecule has 0 saturated carbocycles. The average Bonchev–Trinajstić information content (AvgIpc) is 2.93. The van der Waals surface area contributed by atoms with Crippen LogP contribution < -0.4 is 0 Å². The SMILES string of the molecule is Cc1ccc(C(=O)N2CCN(C3=NCC(C)S3)CC2)c(C)n1. The molecule has 0 aromatic carbocycles. The maximum atomic E-state index is 12.6. The molecule has 2 aliphatic rings. The van der Waals surface area contributed by atoms with Crippen LogP contribution in [-0.2, 0) is 0 Å². The standard InChI is InChI=1S/C16H22N4OS/c1-11-4-5-14(13(3)18-11)15(21)19-6-8-20(9-7-19)16-17-10-12(2)22-16/h4-5,12H,6-10H2,1-3H3.